The zero-order chi connectivity index (χ0) is 13.5. The van der Waals surface area contributed by atoms with E-state index in [4.69, 9.17) is 5.26 Å². The molecule has 1 N–H and O–H groups in total. The van der Waals surface area contributed by atoms with Crippen molar-refractivity contribution in [2.24, 2.45) is 0 Å². The predicted octanol–water partition coefficient (Wildman–Crippen LogP) is 0.0743. The van der Waals surface area contributed by atoms with Crippen LogP contribution in [0.2, 0.25) is 0 Å². The Labute approximate surface area is 108 Å². The Morgan fingerprint density at radius 3 is 2.94 bits per heavy atom. The van der Waals surface area contributed by atoms with Gasteiger partial charge in [-0.1, -0.05) is 0 Å². The van der Waals surface area contributed by atoms with Gasteiger partial charge in [0.2, 0.25) is 0 Å². The van der Waals surface area contributed by atoms with Crippen molar-refractivity contribution >= 4 is 29.7 Å². The fourth-order valence-corrected chi connectivity index (χ4v) is 1.92. The van der Waals surface area contributed by atoms with Crippen LogP contribution in [-0.2, 0) is 14.3 Å². The number of ether oxygens (including phenoxy) is 1. The van der Waals surface area contributed by atoms with Crippen LogP contribution in [0.25, 0.3) is 0 Å². The fraction of sp³-hybridized carbons (Fsp3) is 0.600. The first-order valence-electron chi connectivity index (χ1n) is 5.29. The first-order chi connectivity index (χ1) is 8.60. The van der Waals surface area contributed by atoms with Gasteiger partial charge >= 0.3 is 12.0 Å². The number of hydrogen-bond donors (Lipinski definition) is 1. The lowest BCUT2D eigenvalue weighted by Gasteiger charge is -2.10. The van der Waals surface area contributed by atoms with Crippen LogP contribution in [0, 0.1) is 10.7 Å². The van der Waals surface area contributed by atoms with Crippen molar-refractivity contribution in [2.75, 3.05) is 19.4 Å². The van der Waals surface area contributed by atoms with Crippen LogP contribution in [0.5, 0.6) is 0 Å². The molecule has 1 heterocycles. The fourth-order valence-electron chi connectivity index (χ4n) is 1.52. The first-order valence-corrected chi connectivity index (χ1v) is 6.28. The summed E-state index contributed by atoms with van der Waals surface area (Å²) in [5, 5.41) is 12.8. The molecule has 1 aliphatic rings. The number of esters is 1. The van der Waals surface area contributed by atoms with E-state index in [9.17, 15) is 14.4 Å². The molecule has 0 spiro atoms. The van der Waals surface area contributed by atoms with Gasteiger partial charge in [-0.2, -0.15) is 5.26 Å². The van der Waals surface area contributed by atoms with Crippen LogP contribution < -0.4 is 5.32 Å². The van der Waals surface area contributed by atoms with E-state index in [2.05, 4.69) is 10.1 Å². The molecule has 0 bridgehead atoms. The summed E-state index contributed by atoms with van der Waals surface area (Å²) in [6.45, 7) is -0.370. The van der Waals surface area contributed by atoms with Crippen molar-refractivity contribution in [1.29, 1.82) is 5.26 Å². The number of carbonyl (C=O) groups is 3. The maximum Gasteiger partial charge on any atom is 0.325 e. The third-order valence-electron chi connectivity index (χ3n) is 2.43. The molecule has 3 amide bonds. The van der Waals surface area contributed by atoms with E-state index < -0.39 is 23.9 Å². The summed E-state index contributed by atoms with van der Waals surface area (Å²) in [4.78, 5) is 35.1. The Kier molecular flexibility index (Phi) is 5.45. The van der Waals surface area contributed by atoms with E-state index in [1.54, 1.807) is 0 Å². The standard InChI is InChI=1S/C10H13N3O4S/c1-17-8(14)5-13-9(15)7(12-10(13)16)3-2-4-18-6-11/h7H,2-5H2,1H3,(H,12,16). The highest BCUT2D eigenvalue weighted by molar-refractivity contribution is 8.03. The number of amides is 3. The van der Waals surface area contributed by atoms with E-state index >= 15 is 0 Å². The summed E-state index contributed by atoms with van der Waals surface area (Å²) in [5.74, 6) is -0.459. The summed E-state index contributed by atoms with van der Waals surface area (Å²) >= 11 is 1.10. The molecule has 98 valence electrons. The number of thiocyanates is 1. The van der Waals surface area contributed by atoms with E-state index in [1.807, 2.05) is 5.40 Å². The average Bonchev–Trinajstić information content (AvgIpc) is 2.62. The van der Waals surface area contributed by atoms with Crippen molar-refractivity contribution in [3.63, 3.8) is 0 Å². The first kappa shape index (κ1) is 14.3. The van der Waals surface area contributed by atoms with Crippen molar-refractivity contribution < 1.29 is 19.1 Å². The summed E-state index contributed by atoms with van der Waals surface area (Å²) in [7, 11) is 1.19. The topological polar surface area (TPSA) is 99.5 Å². The minimum Gasteiger partial charge on any atom is -0.468 e. The molecule has 0 saturated carbocycles. The van der Waals surface area contributed by atoms with Crippen LogP contribution in [0.15, 0.2) is 0 Å². The molecule has 0 radical (unpaired) electrons. The van der Waals surface area contributed by atoms with Crippen molar-refractivity contribution in [1.82, 2.24) is 10.2 Å². The summed E-state index contributed by atoms with van der Waals surface area (Å²) in [6, 6.07) is -1.19. The molecule has 8 heteroatoms. The SMILES string of the molecule is COC(=O)CN1C(=O)NC(CCCSC#N)C1=O. The minimum atomic E-state index is -0.640. The van der Waals surface area contributed by atoms with Crippen LogP contribution in [0.4, 0.5) is 4.79 Å². The van der Waals surface area contributed by atoms with E-state index in [1.165, 1.54) is 7.11 Å². The summed E-state index contributed by atoms with van der Waals surface area (Å²) < 4.78 is 4.40. The van der Waals surface area contributed by atoms with Gasteiger partial charge in [-0.15, -0.1) is 0 Å². The number of urea groups is 1. The second-order valence-corrected chi connectivity index (χ2v) is 4.46. The van der Waals surface area contributed by atoms with E-state index in [-0.39, 0.29) is 6.54 Å². The van der Waals surface area contributed by atoms with Gasteiger partial charge in [-0.3, -0.25) is 14.5 Å². The van der Waals surface area contributed by atoms with Crippen LogP contribution in [-0.4, -0.2) is 48.3 Å². The van der Waals surface area contributed by atoms with Crippen LogP contribution in [0.1, 0.15) is 12.8 Å². The normalized spacial score (nSPS) is 18.4. The van der Waals surface area contributed by atoms with Gasteiger partial charge in [0, 0.05) is 5.75 Å². The highest BCUT2D eigenvalue weighted by Gasteiger charge is 2.38. The third-order valence-corrected chi connectivity index (χ3v) is 3.05. The highest BCUT2D eigenvalue weighted by atomic mass is 32.2. The molecule has 0 aromatic carbocycles. The number of rotatable bonds is 6. The molecule has 1 fully saturated rings. The average molecular weight is 271 g/mol. The zero-order valence-electron chi connectivity index (χ0n) is 9.84. The molecule has 0 aromatic heterocycles. The molecule has 1 aliphatic heterocycles. The van der Waals surface area contributed by atoms with Crippen LogP contribution in [0.3, 0.4) is 0 Å². The number of hydrogen-bond acceptors (Lipinski definition) is 6. The van der Waals surface area contributed by atoms with Gasteiger partial charge in [-0.25, -0.2) is 4.79 Å². The Hall–Kier alpha value is -1.75. The molecule has 18 heavy (non-hydrogen) atoms. The zero-order valence-corrected chi connectivity index (χ0v) is 10.7. The monoisotopic (exact) mass is 271 g/mol. The van der Waals surface area contributed by atoms with Crippen molar-refractivity contribution in [2.45, 2.75) is 18.9 Å². The number of methoxy groups -OCH3 is 1. The maximum absolute atomic E-state index is 11.8. The van der Waals surface area contributed by atoms with Gasteiger partial charge < -0.3 is 10.1 Å². The minimum absolute atomic E-state index is 0.370. The van der Waals surface area contributed by atoms with Crippen molar-refractivity contribution in [3.8, 4) is 5.40 Å². The van der Waals surface area contributed by atoms with Crippen LogP contribution >= 0.6 is 11.8 Å². The number of imide groups is 1. The number of nitrogens with one attached hydrogen (secondary N) is 1. The number of thioether (sulfide) groups is 1. The lowest BCUT2D eigenvalue weighted by Crippen LogP contribution is -2.36. The molecule has 1 saturated heterocycles. The Bertz CT molecular complexity index is 393. The number of nitrogens with zero attached hydrogens (tertiary/aromatic N) is 2. The second-order valence-electron chi connectivity index (χ2n) is 3.58. The third kappa shape index (κ3) is 3.63. The predicted molar refractivity (Wildman–Crippen MR) is 63.4 cm³/mol. The molecule has 7 nitrogen and oxygen atoms in total. The highest BCUT2D eigenvalue weighted by Crippen LogP contribution is 2.13. The van der Waals surface area contributed by atoms with Crippen molar-refractivity contribution in [3.05, 3.63) is 0 Å². The number of nitriles is 1. The van der Waals surface area contributed by atoms with E-state index in [0.717, 1.165) is 16.7 Å². The maximum atomic E-state index is 11.8. The molecule has 0 aromatic rings. The van der Waals surface area contributed by atoms with Gasteiger partial charge in [0.1, 0.15) is 18.0 Å². The van der Waals surface area contributed by atoms with Gasteiger partial charge in [0.15, 0.2) is 0 Å². The van der Waals surface area contributed by atoms with Gasteiger partial charge in [0.25, 0.3) is 5.91 Å². The van der Waals surface area contributed by atoms with Gasteiger partial charge in [0.05, 0.1) is 7.11 Å². The molecule has 1 unspecified atom stereocenters. The Balaban J connectivity index is 2.46. The molecular weight excluding hydrogens is 258 g/mol. The van der Waals surface area contributed by atoms with Gasteiger partial charge in [-0.05, 0) is 24.6 Å². The lowest BCUT2D eigenvalue weighted by atomic mass is 10.2. The Morgan fingerprint density at radius 2 is 2.33 bits per heavy atom. The second kappa shape index (κ2) is 6.86. The summed E-state index contributed by atoms with van der Waals surface area (Å²) in [5.41, 5.74) is 0. The lowest BCUT2D eigenvalue weighted by molar-refractivity contribution is -0.144. The van der Waals surface area contributed by atoms with E-state index in [0.29, 0.717) is 18.6 Å². The quantitative estimate of drug-likeness (QED) is 0.318. The smallest absolute Gasteiger partial charge is 0.325 e. The number of carbonyl (C=O) groups excluding carboxylic acids is 3. The summed E-state index contributed by atoms with van der Waals surface area (Å²) in [6.07, 6.45) is 1.10. The molecular formula is C10H13N3O4S. The molecule has 1 atom stereocenters. The molecule has 0 aliphatic carbocycles. The Morgan fingerprint density at radius 1 is 1.61 bits per heavy atom. The molecule has 1 rings (SSSR count). The largest absolute Gasteiger partial charge is 0.468 e.